The molecule has 2 N–H and O–H groups in total. The van der Waals surface area contributed by atoms with Gasteiger partial charge in [-0.05, 0) is 43.0 Å². The molecule has 2 aromatic rings. The average Bonchev–Trinajstić information content (AvgIpc) is 2.83. The molecule has 5 heteroatoms. The maximum absolute atomic E-state index is 11.7. The van der Waals surface area contributed by atoms with E-state index in [0.29, 0.717) is 6.61 Å². The number of benzene rings is 2. The van der Waals surface area contributed by atoms with Gasteiger partial charge in [0.1, 0.15) is 6.61 Å². The lowest BCUT2D eigenvalue weighted by atomic mass is 9.72. The van der Waals surface area contributed by atoms with Crippen molar-refractivity contribution in [1.29, 1.82) is 0 Å². The third-order valence-electron chi connectivity index (χ3n) is 7.12. The summed E-state index contributed by atoms with van der Waals surface area (Å²) in [5.41, 5.74) is 2.87. The fraction of sp³-hybridized carbons (Fsp3) is 0.556. The minimum absolute atomic E-state index is 0.0703. The first-order valence-electron chi connectivity index (χ1n) is 12.1. The van der Waals surface area contributed by atoms with Crippen LogP contribution in [0.4, 0.5) is 0 Å². The van der Waals surface area contributed by atoms with E-state index < -0.39 is 5.60 Å². The van der Waals surface area contributed by atoms with E-state index in [1.807, 2.05) is 6.07 Å². The minimum atomic E-state index is -0.654. The van der Waals surface area contributed by atoms with E-state index in [9.17, 15) is 5.11 Å². The van der Waals surface area contributed by atoms with Gasteiger partial charge in [-0.1, -0.05) is 55.2 Å². The Morgan fingerprint density at radius 3 is 2.41 bits per heavy atom. The van der Waals surface area contributed by atoms with Gasteiger partial charge in [0, 0.05) is 38.6 Å². The summed E-state index contributed by atoms with van der Waals surface area (Å²) in [6, 6.07) is 14.6. The van der Waals surface area contributed by atoms with Crippen LogP contribution >= 0.6 is 0 Å². The first kappa shape index (κ1) is 23.1. The number of ether oxygens (including phenoxy) is 2. The van der Waals surface area contributed by atoms with Crippen LogP contribution in [0.3, 0.4) is 0 Å². The second-order valence-electron chi connectivity index (χ2n) is 9.45. The van der Waals surface area contributed by atoms with Gasteiger partial charge >= 0.3 is 0 Å². The van der Waals surface area contributed by atoms with Crippen LogP contribution in [0.2, 0.25) is 0 Å². The molecule has 4 rings (SSSR count). The zero-order valence-electron chi connectivity index (χ0n) is 19.6. The van der Waals surface area contributed by atoms with Gasteiger partial charge < -0.3 is 24.8 Å². The van der Waals surface area contributed by atoms with Crippen molar-refractivity contribution < 1.29 is 14.6 Å². The lowest BCUT2D eigenvalue weighted by Crippen LogP contribution is -2.49. The molecule has 0 radical (unpaired) electrons. The number of rotatable bonds is 8. The smallest absolute Gasteiger partial charge is 0.161 e. The Hall–Kier alpha value is -2.08. The summed E-state index contributed by atoms with van der Waals surface area (Å²) in [5, 5.41) is 15.1. The third kappa shape index (κ3) is 5.64. The lowest BCUT2D eigenvalue weighted by Gasteiger charge is -2.42. The third-order valence-corrected chi connectivity index (χ3v) is 7.12. The predicted octanol–water partition coefficient (Wildman–Crippen LogP) is 4.27. The number of piperazine rings is 1. The van der Waals surface area contributed by atoms with Gasteiger partial charge in [-0.3, -0.25) is 0 Å². The van der Waals surface area contributed by atoms with Gasteiger partial charge in [0.05, 0.1) is 12.7 Å². The van der Waals surface area contributed by atoms with Crippen molar-refractivity contribution >= 4 is 0 Å². The van der Waals surface area contributed by atoms with E-state index in [1.54, 1.807) is 7.11 Å². The highest BCUT2D eigenvalue weighted by Gasteiger charge is 2.40. The number of nitrogens with zero attached hydrogens (tertiary/aromatic N) is 1. The summed E-state index contributed by atoms with van der Waals surface area (Å²) in [6.45, 7) is 7.56. The molecule has 1 saturated heterocycles. The molecular weight excluding hydrogens is 400 g/mol. The Morgan fingerprint density at radius 1 is 1.00 bits per heavy atom. The van der Waals surface area contributed by atoms with Crippen molar-refractivity contribution in [2.24, 2.45) is 0 Å². The SMILES string of the molecule is COc1cc(C(CN2CCNCC2)C2(O)CCCCC2)ccc1OCc1ccc(C)cc1. The molecule has 1 heterocycles. The van der Waals surface area contributed by atoms with Crippen molar-refractivity contribution in [3.8, 4) is 11.5 Å². The molecular formula is C27H38N2O3. The fourth-order valence-electron chi connectivity index (χ4n) is 5.12. The van der Waals surface area contributed by atoms with Crippen molar-refractivity contribution in [3.63, 3.8) is 0 Å². The number of hydrogen-bond donors (Lipinski definition) is 2. The lowest BCUT2D eigenvalue weighted by molar-refractivity contribution is -0.0317. The molecule has 1 atom stereocenters. The summed E-state index contributed by atoms with van der Waals surface area (Å²) < 4.78 is 11.8. The van der Waals surface area contributed by atoms with Gasteiger partial charge in [0.2, 0.25) is 0 Å². The number of methoxy groups -OCH3 is 1. The first-order chi connectivity index (χ1) is 15.6. The molecule has 1 aliphatic heterocycles. The quantitative estimate of drug-likeness (QED) is 0.645. The number of nitrogens with one attached hydrogen (secondary N) is 1. The van der Waals surface area contributed by atoms with Gasteiger partial charge in [-0.2, -0.15) is 0 Å². The number of aliphatic hydroxyl groups is 1. The summed E-state index contributed by atoms with van der Waals surface area (Å²) in [7, 11) is 1.69. The Morgan fingerprint density at radius 2 is 1.72 bits per heavy atom. The topological polar surface area (TPSA) is 54.0 Å². The van der Waals surface area contributed by atoms with E-state index in [2.05, 4.69) is 53.5 Å². The molecule has 0 spiro atoms. The standard InChI is InChI=1S/C27H38N2O3/c1-21-6-8-22(9-7-21)20-32-25-11-10-23(18-26(25)31-2)24(19-29-16-14-28-15-17-29)27(30)12-4-3-5-13-27/h6-11,18,24,28,30H,3-5,12-17,19-20H2,1-2H3. The molecule has 2 aliphatic rings. The van der Waals surface area contributed by atoms with Gasteiger partial charge in [-0.25, -0.2) is 0 Å². The predicted molar refractivity (Wildman–Crippen MR) is 129 cm³/mol. The second kappa shape index (κ2) is 10.7. The zero-order chi connectivity index (χ0) is 22.4. The average molecular weight is 439 g/mol. The van der Waals surface area contributed by atoms with Gasteiger partial charge in [-0.15, -0.1) is 0 Å². The largest absolute Gasteiger partial charge is 0.493 e. The Bertz CT molecular complexity index is 856. The van der Waals surface area contributed by atoms with Gasteiger partial charge in [0.15, 0.2) is 11.5 Å². The van der Waals surface area contributed by atoms with Crippen LogP contribution in [0.25, 0.3) is 0 Å². The minimum Gasteiger partial charge on any atom is -0.493 e. The van der Waals surface area contributed by atoms with Crippen LogP contribution in [0, 0.1) is 6.92 Å². The molecule has 0 amide bonds. The molecule has 174 valence electrons. The summed E-state index contributed by atoms with van der Waals surface area (Å²) in [5.74, 6) is 1.55. The van der Waals surface area contributed by atoms with Crippen molar-refractivity contribution in [1.82, 2.24) is 10.2 Å². The van der Waals surface area contributed by atoms with E-state index in [-0.39, 0.29) is 5.92 Å². The highest BCUT2D eigenvalue weighted by Crippen LogP contribution is 2.42. The van der Waals surface area contributed by atoms with E-state index in [0.717, 1.165) is 81.0 Å². The zero-order valence-corrected chi connectivity index (χ0v) is 19.6. The summed E-state index contributed by atoms with van der Waals surface area (Å²) >= 11 is 0. The summed E-state index contributed by atoms with van der Waals surface area (Å²) in [4.78, 5) is 2.49. The molecule has 1 saturated carbocycles. The molecule has 2 aromatic carbocycles. The van der Waals surface area contributed by atoms with Crippen LogP contribution in [0.1, 0.15) is 54.7 Å². The molecule has 5 nitrogen and oxygen atoms in total. The van der Waals surface area contributed by atoms with Crippen LogP contribution in [-0.4, -0.2) is 55.4 Å². The Kier molecular flexibility index (Phi) is 7.71. The highest BCUT2D eigenvalue weighted by atomic mass is 16.5. The normalized spacial score (nSPS) is 20.0. The molecule has 1 unspecified atom stereocenters. The number of aryl methyl sites for hydroxylation is 1. The Balaban J connectivity index is 1.55. The maximum atomic E-state index is 11.7. The Labute approximate surface area is 192 Å². The van der Waals surface area contributed by atoms with E-state index in [4.69, 9.17) is 9.47 Å². The van der Waals surface area contributed by atoms with Crippen molar-refractivity contribution in [2.45, 2.75) is 57.2 Å². The highest BCUT2D eigenvalue weighted by molar-refractivity contribution is 5.45. The molecule has 1 aliphatic carbocycles. The first-order valence-corrected chi connectivity index (χ1v) is 12.1. The monoisotopic (exact) mass is 438 g/mol. The second-order valence-corrected chi connectivity index (χ2v) is 9.45. The van der Waals surface area contributed by atoms with Crippen LogP contribution < -0.4 is 14.8 Å². The van der Waals surface area contributed by atoms with Crippen molar-refractivity contribution in [2.75, 3.05) is 39.8 Å². The van der Waals surface area contributed by atoms with E-state index >= 15 is 0 Å². The molecule has 0 bridgehead atoms. The fourth-order valence-corrected chi connectivity index (χ4v) is 5.12. The van der Waals surface area contributed by atoms with Crippen LogP contribution in [-0.2, 0) is 6.61 Å². The van der Waals surface area contributed by atoms with E-state index in [1.165, 1.54) is 12.0 Å². The van der Waals surface area contributed by atoms with Crippen LogP contribution in [0.15, 0.2) is 42.5 Å². The molecule has 32 heavy (non-hydrogen) atoms. The molecule has 2 fully saturated rings. The maximum Gasteiger partial charge on any atom is 0.161 e. The summed E-state index contributed by atoms with van der Waals surface area (Å²) in [6.07, 6.45) is 5.17. The number of hydrogen-bond acceptors (Lipinski definition) is 5. The van der Waals surface area contributed by atoms with Gasteiger partial charge in [0.25, 0.3) is 0 Å². The van der Waals surface area contributed by atoms with Crippen molar-refractivity contribution in [3.05, 3.63) is 59.2 Å². The van der Waals surface area contributed by atoms with Crippen LogP contribution in [0.5, 0.6) is 11.5 Å². The molecule has 0 aromatic heterocycles.